The summed E-state index contributed by atoms with van der Waals surface area (Å²) in [6.07, 6.45) is 2.55. The molecule has 0 saturated carbocycles. The minimum Gasteiger partial charge on any atom is -0.481 e. The molecule has 0 spiro atoms. The number of carbonyl (C=O) groups is 3. The van der Waals surface area contributed by atoms with Crippen LogP contribution in [0.15, 0.2) is 6.07 Å². The molecule has 1 amide bonds. The number of carbonyl (C=O) groups excluding carboxylic acids is 2. The number of likely N-dealkylation sites (tertiary alicyclic amines) is 1. The summed E-state index contributed by atoms with van der Waals surface area (Å²) >= 11 is 0. The standard InChI is InChI=1S/C20H24N4O4/c1-2-17(25)15-10-14(11-21)19(23-8-5-13(6-9-23)20(27)28)22-16(15)12-24-7-3-4-18(24)26/h10,13H,2-9,12H2,1H3,(H,27,28). The molecule has 28 heavy (non-hydrogen) atoms. The Hall–Kier alpha value is -2.95. The molecule has 8 heteroatoms. The van der Waals surface area contributed by atoms with E-state index in [0.717, 1.165) is 6.42 Å². The van der Waals surface area contributed by atoms with Crippen LogP contribution < -0.4 is 4.90 Å². The van der Waals surface area contributed by atoms with E-state index in [1.54, 1.807) is 17.9 Å². The lowest BCUT2D eigenvalue weighted by atomic mass is 9.96. The number of anilines is 1. The molecule has 3 rings (SSSR count). The molecular formula is C20H24N4O4. The monoisotopic (exact) mass is 384 g/mol. The smallest absolute Gasteiger partial charge is 0.306 e. The van der Waals surface area contributed by atoms with E-state index in [9.17, 15) is 24.8 Å². The van der Waals surface area contributed by atoms with E-state index in [-0.39, 0.29) is 30.6 Å². The number of carboxylic acids is 1. The molecule has 2 fully saturated rings. The van der Waals surface area contributed by atoms with Crippen molar-refractivity contribution in [3.05, 3.63) is 22.9 Å². The summed E-state index contributed by atoms with van der Waals surface area (Å²) < 4.78 is 0. The van der Waals surface area contributed by atoms with E-state index in [1.165, 1.54) is 0 Å². The number of Topliss-reactive ketones (excluding diaryl/α,β-unsaturated/α-hetero) is 1. The van der Waals surface area contributed by atoms with Crippen molar-refractivity contribution in [3.8, 4) is 6.07 Å². The molecule has 3 heterocycles. The maximum absolute atomic E-state index is 12.4. The minimum atomic E-state index is -0.801. The summed E-state index contributed by atoms with van der Waals surface area (Å²) in [5, 5.41) is 18.8. The Morgan fingerprint density at radius 2 is 2.04 bits per heavy atom. The van der Waals surface area contributed by atoms with Gasteiger partial charge in [-0.2, -0.15) is 5.26 Å². The number of rotatable bonds is 6. The van der Waals surface area contributed by atoms with Gasteiger partial charge in [0.25, 0.3) is 0 Å². The number of nitrogens with zero attached hydrogens (tertiary/aromatic N) is 4. The van der Waals surface area contributed by atoms with Crippen LogP contribution in [0.4, 0.5) is 5.82 Å². The van der Waals surface area contributed by atoms with Crippen LogP contribution in [0.1, 0.15) is 60.6 Å². The fourth-order valence-electron chi connectivity index (χ4n) is 3.81. The van der Waals surface area contributed by atoms with Crippen molar-refractivity contribution in [3.63, 3.8) is 0 Å². The van der Waals surface area contributed by atoms with Crippen LogP contribution in [-0.2, 0) is 16.1 Å². The number of hydrogen-bond donors (Lipinski definition) is 1. The predicted molar refractivity (Wildman–Crippen MR) is 101 cm³/mol. The lowest BCUT2D eigenvalue weighted by Gasteiger charge is -2.32. The molecular weight excluding hydrogens is 360 g/mol. The molecule has 0 radical (unpaired) electrons. The van der Waals surface area contributed by atoms with E-state index in [1.807, 2.05) is 4.90 Å². The normalized spacial score (nSPS) is 17.6. The van der Waals surface area contributed by atoms with Gasteiger partial charge in [-0.3, -0.25) is 14.4 Å². The number of ketones is 1. The van der Waals surface area contributed by atoms with E-state index < -0.39 is 5.97 Å². The van der Waals surface area contributed by atoms with Crippen molar-refractivity contribution < 1.29 is 19.5 Å². The van der Waals surface area contributed by atoms with Crippen molar-refractivity contribution >= 4 is 23.5 Å². The number of amides is 1. The Labute approximate surface area is 163 Å². The number of hydrogen-bond acceptors (Lipinski definition) is 6. The number of piperidine rings is 1. The second-order valence-corrected chi connectivity index (χ2v) is 7.26. The largest absolute Gasteiger partial charge is 0.481 e. The molecule has 1 aromatic rings. The summed E-state index contributed by atoms with van der Waals surface area (Å²) in [7, 11) is 0. The molecule has 0 atom stereocenters. The van der Waals surface area contributed by atoms with Crippen LogP contribution in [0, 0.1) is 17.2 Å². The predicted octanol–water partition coefficient (Wildman–Crippen LogP) is 1.97. The zero-order valence-electron chi connectivity index (χ0n) is 16.0. The van der Waals surface area contributed by atoms with Crippen LogP contribution in [0.25, 0.3) is 0 Å². The highest BCUT2D eigenvalue weighted by Gasteiger charge is 2.29. The van der Waals surface area contributed by atoms with Gasteiger partial charge in [0.05, 0.1) is 23.7 Å². The van der Waals surface area contributed by atoms with E-state index >= 15 is 0 Å². The van der Waals surface area contributed by atoms with Crippen molar-refractivity contribution in [1.82, 2.24) is 9.88 Å². The summed E-state index contributed by atoms with van der Waals surface area (Å²) in [5.74, 6) is -0.776. The molecule has 0 bridgehead atoms. The highest BCUT2D eigenvalue weighted by atomic mass is 16.4. The number of carboxylic acid groups (broad SMARTS) is 1. The van der Waals surface area contributed by atoms with Crippen molar-refractivity contribution in [2.45, 2.75) is 45.6 Å². The molecule has 2 aliphatic rings. The zero-order chi connectivity index (χ0) is 20.3. The molecule has 0 aliphatic carbocycles. The first kappa shape index (κ1) is 19.8. The van der Waals surface area contributed by atoms with Gasteiger partial charge in [0.1, 0.15) is 11.9 Å². The van der Waals surface area contributed by atoms with Crippen molar-refractivity contribution in [1.29, 1.82) is 5.26 Å². The van der Waals surface area contributed by atoms with Gasteiger partial charge in [0.15, 0.2) is 5.78 Å². The zero-order valence-corrected chi connectivity index (χ0v) is 16.0. The van der Waals surface area contributed by atoms with Gasteiger partial charge in [-0.1, -0.05) is 6.92 Å². The maximum Gasteiger partial charge on any atom is 0.306 e. The first-order chi connectivity index (χ1) is 13.4. The number of aromatic nitrogens is 1. The second-order valence-electron chi connectivity index (χ2n) is 7.26. The number of pyridine rings is 1. The molecule has 0 unspecified atom stereocenters. The highest BCUT2D eigenvalue weighted by Crippen LogP contribution is 2.28. The quantitative estimate of drug-likeness (QED) is 0.746. The van der Waals surface area contributed by atoms with Gasteiger partial charge in [0.2, 0.25) is 5.91 Å². The third-order valence-electron chi connectivity index (χ3n) is 5.48. The third kappa shape index (κ3) is 3.98. The average molecular weight is 384 g/mol. The van der Waals surface area contributed by atoms with Gasteiger partial charge in [0, 0.05) is 38.0 Å². The van der Waals surface area contributed by atoms with E-state index in [4.69, 9.17) is 0 Å². The molecule has 1 N–H and O–H groups in total. The molecule has 0 aromatic carbocycles. The van der Waals surface area contributed by atoms with E-state index in [0.29, 0.717) is 61.5 Å². The lowest BCUT2D eigenvalue weighted by molar-refractivity contribution is -0.142. The highest BCUT2D eigenvalue weighted by molar-refractivity contribution is 5.97. The molecule has 2 saturated heterocycles. The Kier molecular flexibility index (Phi) is 5.93. The summed E-state index contributed by atoms with van der Waals surface area (Å²) in [6, 6.07) is 3.70. The van der Waals surface area contributed by atoms with Gasteiger partial charge in [-0.25, -0.2) is 4.98 Å². The molecule has 1 aromatic heterocycles. The summed E-state index contributed by atoms with van der Waals surface area (Å²) in [5.41, 5.74) is 1.21. The minimum absolute atomic E-state index is 0.0462. The van der Waals surface area contributed by atoms with Crippen molar-refractivity contribution in [2.75, 3.05) is 24.5 Å². The number of aliphatic carboxylic acids is 1. The van der Waals surface area contributed by atoms with Crippen LogP contribution in [0.2, 0.25) is 0 Å². The van der Waals surface area contributed by atoms with E-state index in [2.05, 4.69) is 11.1 Å². The van der Waals surface area contributed by atoms with Crippen LogP contribution in [-0.4, -0.2) is 52.3 Å². The maximum atomic E-state index is 12.4. The summed E-state index contributed by atoms with van der Waals surface area (Å²) in [6.45, 7) is 3.62. The fraction of sp³-hybridized carbons (Fsp3) is 0.550. The first-order valence-electron chi connectivity index (χ1n) is 9.67. The van der Waals surface area contributed by atoms with Gasteiger partial charge in [-0.05, 0) is 25.3 Å². The Balaban J connectivity index is 1.94. The second kappa shape index (κ2) is 8.38. The Morgan fingerprint density at radius 3 is 2.57 bits per heavy atom. The summed E-state index contributed by atoms with van der Waals surface area (Å²) in [4.78, 5) is 43.9. The van der Waals surface area contributed by atoms with Crippen LogP contribution in [0.3, 0.4) is 0 Å². The van der Waals surface area contributed by atoms with Gasteiger partial charge >= 0.3 is 5.97 Å². The SMILES string of the molecule is CCC(=O)c1cc(C#N)c(N2CCC(C(=O)O)CC2)nc1CN1CCCC1=O. The lowest BCUT2D eigenvalue weighted by Crippen LogP contribution is -2.37. The van der Waals surface area contributed by atoms with Gasteiger partial charge < -0.3 is 14.9 Å². The number of nitriles is 1. The topological polar surface area (TPSA) is 115 Å². The van der Waals surface area contributed by atoms with Crippen LogP contribution >= 0.6 is 0 Å². The van der Waals surface area contributed by atoms with Crippen molar-refractivity contribution in [2.24, 2.45) is 5.92 Å². The molecule has 148 valence electrons. The molecule has 8 nitrogen and oxygen atoms in total. The third-order valence-corrected chi connectivity index (χ3v) is 5.48. The first-order valence-corrected chi connectivity index (χ1v) is 9.67. The Morgan fingerprint density at radius 1 is 1.32 bits per heavy atom. The van der Waals surface area contributed by atoms with Crippen LogP contribution in [0.5, 0.6) is 0 Å². The Bertz CT molecular complexity index is 837. The van der Waals surface area contributed by atoms with Gasteiger partial charge in [-0.15, -0.1) is 0 Å². The average Bonchev–Trinajstić information content (AvgIpc) is 3.11. The fourth-order valence-corrected chi connectivity index (χ4v) is 3.81. The molecule has 2 aliphatic heterocycles.